The molecule has 1 aromatic heterocycles. The molecule has 1 heterocycles. The summed E-state index contributed by atoms with van der Waals surface area (Å²) in [5.74, 6) is 1.92. The topological polar surface area (TPSA) is 59.2 Å². The third-order valence-electron chi connectivity index (χ3n) is 4.83. The van der Waals surface area contributed by atoms with Gasteiger partial charge < -0.3 is 9.42 Å². The number of nitrogens with zero attached hydrogens (tertiary/aromatic N) is 3. The molecule has 1 amide bonds. The van der Waals surface area contributed by atoms with Crippen LogP contribution >= 0.6 is 0 Å². The summed E-state index contributed by atoms with van der Waals surface area (Å²) in [6.45, 7) is 2.54. The van der Waals surface area contributed by atoms with Crippen LogP contribution in [0.3, 0.4) is 0 Å². The van der Waals surface area contributed by atoms with E-state index < -0.39 is 0 Å². The van der Waals surface area contributed by atoms with E-state index in [-0.39, 0.29) is 5.91 Å². The Kier molecular flexibility index (Phi) is 5.28. The van der Waals surface area contributed by atoms with Gasteiger partial charge in [-0.2, -0.15) is 4.98 Å². The number of hydrogen-bond donors (Lipinski definition) is 0. The fourth-order valence-electron chi connectivity index (χ4n) is 3.27. The van der Waals surface area contributed by atoms with Gasteiger partial charge in [-0.05, 0) is 31.4 Å². The Morgan fingerprint density at radius 1 is 1.25 bits per heavy atom. The Hall–Kier alpha value is -2.17. The summed E-state index contributed by atoms with van der Waals surface area (Å²) in [5, 5.41) is 4.09. The van der Waals surface area contributed by atoms with Gasteiger partial charge in [-0.15, -0.1) is 0 Å². The summed E-state index contributed by atoms with van der Waals surface area (Å²) >= 11 is 0. The number of likely N-dealkylation sites (N-methyl/N-ethyl adjacent to an activating group) is 1. The van der Waals surface area contributed by atoms with E-state index in [9.17, 15) is 4.79 Å². The standard InChI is InChI=1S/C19H25N3O2/c1-14-8-6-7-11-16(14)19(23)22(2)13-12-17-20-18(24-21-17)15-9-4-3-5-10-15/h6-8,11,15H,3-5,9-10,12-13H2,1-2H3. The molecule has 0 spiro atoms. The Bertz CT molecular complexity index is 689. The minimum Gasteiger partial charge on any atom is -0.341 e. The van der Waals surface area contributed by atoms with Crippen LogP contribution in [-0.4, -0.2) is 34.5 Å². The van der Waals surface area contributed by atoms with Crippen molar-refractivity contribution in [3.63, 3.8) is 0 Å². The number of benzene rings is 1. The van der Waals surface area contributed by atoms with Gasteiger partial charge in [0.1, 0.15) is 0 Å². The fraction of sp³-hybridized carbons (Fsp3) is 0.526. The number of carbonyl (C=O) groups is 1. The van der Waals surface area contributed by atoms with Gasteiger partial charge in [0.15, 0.2) is 5.82 Å². The summed E-state index contributed by atoms with van der Waals surface area (Å²) < 4.78 is 5.44. The second kappa shape index (κ2) is 7.60. The van der Waals surface area contributed by atoms with E-state index in [4.69, 9.17) is 4.52 Å². The monoisotopic (exact) mass is 327 g/mol. The largest absolute Gasteiger partial charge is 0.341 e. The second-order valence-corrected chi connectivity index (χ2v) is 6.68. The summed E-state index contributed by atoms with van der Waals surface area (Å²) in [4.78, 5) is 18.8. The SMILES string of the molecule is Cc1ccccc1C(=O)N(C)CCc1noc(C2CCCCC2)n1. The first-order chi connectivity index (χ1) is 11.6. The second-order valence-electron chi connectivity index (χ2n) is 6.68. The molecule has 0 unspecified atom stereocenters. The Labute approximate surface area is 143 Å². The van der Waals surface area contributed by atoms with E-state index >= 15 is 0 Å². The molecule has 1 aliphatic rings. The molecule has 0 aliphatic heterocycles. The maximum Gasteiger partial charge on any atom is 0.253 e. The summed E-state index contributed by atoms with van der Waals surface area (Å²) in [6, 6.07) is 7.66. The first-order valence-electron chi connectivity index (χ1n) is 8.78. The van der Waals surface area contributed by atoms with Gasteiger partial charge >= 0.3 is 0 Å². The van der Waals surface area contributed by atoms with Gasteiger partial charge in [-0.1, -0.05) is 42.6 Å². The highest BCUT2D eigenvalue weighted by Crippen LogP contribution is 2.31. The van der Waals surface area contributed by atoms with Gasteiger partial charge in [0.05, 0.1) is 0 Å². The number of aryl methyl sites for hydroxylation is 1. The summed E-state index contributed by atoms with van der Waals surface area (Å²) in [5.41, 5.74) is 1.74. The molecule has 0 radical (unpaired) electrons. The predicted octanol–water partition coefficient (Wildman–Crippen LogP) is 3.74. The molecule has 5 heteroatoms. The number of amides is 1. The van der Waals surface area contributed by atoms with Crippen LogP contribution in [0.2, 0.25) is 0 Å². The predicted molar refractivity (Wildman–Crippen MR) is 92.0 cm³/mol. The molecular weight excluding hydrogens is 302 g/mol. The van der Waals surface area contributed by atoms with Gasteiger partial charge in [-0.25, -0.2) is 0 Å². The molecule has 1 saturated carbocycles. The zero-order valence-corrected chi connectivity index (χ0v) is 14.5. The molecule has 0 atom stereocenters. The average molecular weight is 327 g/mol. The van der Waals surface area contributed by atoms with Crippen LogP contribution in [0.25, 0.3) is 0 Å². The number of aromatic nitrogens is 2. The smallest absolute Gasteiger partial charge is 0.253 e. The van der Waals surface area contributed by atoms with Gasteiger partial charge in [-0.3, -0.25) is 4.79 Å². The highest BCUT2D eigenvalue weighted by Gasteiger charge is 2.22. The summed E-state index contributed by atoms with van der Waals surface area (Å²) in [7, 11) is 1.82. The lowest BCUT2D eigenvalue weighted by molar-refractivity contribution is 0.0795. The van der Waals surface area contributed by atoms with Crippen LogP contribution in [0.15, 0.2) is 28.8 Å². The molecule has 1 aromatic carbocycles. The van der Waals surface area contributed by atoms with Crippen LogP contribution in [0.5, 0.6) is 0 Å². The van der Waals surface area contributed by atoms with Crippen molar-refractivity contribution in [2.45, 2.75) is 51.4 Å². The Balaban J connectivity index is 1.56. The third kappa shape index (κ3) is 3.83. The van der Waals surface area contributed by atoms with Crippen molar-refractivity contribution in [1.82, 2.24) is 15.0 Å². The van der Waals surface area contributed by atoms with E-state index in [1.54, 1.807) is 4.90 Å². The van der Waals surface area contributed by atoms with Gasteiger partial charge in [0.2, 0.25) is 5.89 Å². The number of rotatable bonds is 5. The minimum atomic E-state index is 0.0316. The molecule has 0 saturated heterocycles. The maximum atomic E-state index is 12.5. The lowest BCUT2D eigenvalue weighted by atomic mass is 9.89. The van der Waals surface area contributed by atoms with Crippen molar-refractivity contribution in [1.29, 1.82) is 0 Å². The fourth-order valence-corrected chi connectivity index (χ4v) is 3.27. The normalized spacial score (nSPS) is 15.4. The average Bonchev–Trinajstić information content (AvgIpc) is 3.09. The molecule has 0 bridgehead atoms. The molecule has 24 heavy (non-hydrogen) atoms. The van der Waals surface area contributed by atoms with Gasteiger partial charge in [0, 0.05) is 31.5 Å². The molecule has 128 valence electrons. The molecule has 2 aromatic rings. The van der Waals surface area contributed by atoms with E-state index in [0.29, 0.717) is 24.7 Å². The van der Waals surface area contributed by atoms with Crippen LogP contribution in [-0.2, 0) is 6.42 Å². The van der Waals surface area contributed by atoms with Crippen LogP contribution in [0, 0.1) is 6.92 Å². The van der Waals surface area contributed by atoms with Crippen molar-refractivity contribution in [3.05, 3.63) is 47.1 Å². The number of carbonyl (C=O) groups excluding carboxylic acids is 1. The summed E-state index contributed by atoms with van der Waals surface area (Å²) in [6.07, 6.45) is 6.71. The number of hydrogen-bond acceptors (Lipinski definition) is 4. The highest BCUT2D eigenvalue weighted by atomic mass is 16.5. The van der Waals surface area contributed by atoms with Crippen LogP contribution in [0.1, 0.15) is 65.7 Å². The van der Waals surface area contributed by atoms with Crippen LogP contribution in [0.4, 0.5) is 0 Å². The first-order valence-corrected chi connectivity index (χ1v) is 8.78. The van der Waals surface area contributed by atoms with Crippen LogP contribution < -0.4 is 0 Å². The minimum absolute atomic E-state index is 0.0316. The highest BCUT2D eigenvalue weighted by molar-refractivity contribution is 5.95. The van der Waals surface area contributed by atoms with E-state index in [1.807, 2.05) is 38.2 Å². The molecule has 5 nitrogen and oxygen atoms in total. The van der Waals surface area contributed by atoms with Crippen molar-refractivity contribution < 1.29 is 9.32 Å². The van der Waals surface area contributed by atoms with E-state index in [0.717, 1.165) is 29.9 Å². The van der Waals surface area contributed by atoms with Crippen molar-refractivity contribution in [3.8, 4) is 0 Å². The maximum absolute atomic E-state index is 12.5. The van der Waals surface area contributed by atoms with E-state index in [2.05, 4.69) is 10.1 Å². The van der Waals surface area contributed by atoms with Gasteiger partial charge in [0.25, 0.3) is 5.91 Å². The lowest BCUT2D eigenvalue weighted by Crippen LogP contribution is -2.29. The van der Waals surface area contributed by atoms with Crippen molar-refractivity contribution in [2.24, 2.45) is 0 Å². The molecular formula is C19H25N3O2. The van der Waals surface area contributed by atoms with Crippen molar-refractivity contribution in [2.75, 3.05) is 13.6 Å². The Morgan fingerprint density at radius 2 is 2.00 bits per heavy atom. The Morgan fingerprint density at radius 3 is 2.75 bits per heavy atom. The zero-order chi connectivity index (χ0) is 16.9. The lowest BCUT2D eigenvalue weighted by Gasteiger charge is -2.17. The first kappa shape index (κ1) is 16.7. The molecule has 1 aliphatic carbocycles. The molecule has 1 fully saturated rings. The molecule has 0 N–H and O–H groups in total. The molecule has 3 rings (SSSR count). The third-order valence-corrected chi connectivity index (χ3v) is 4.83. The zero-order valence-electron chi connectivity index (χ0n) is 14.5. The van der Waals surface area contributed by atoms with E-state index in [1.165, 1.54) is 19.3 Å². The van der Waals surface area contributed by atoms with Crippen molar-refractivity contribution >= 4 is 5.91 Å². The quantitative estimate of drug-likeness (QED) is 0.839.